The van der Waals surface area contributed by atoms with Crippen LogP contribution in [0.1, 0.15) is 28.4 Å². The first-order valence-corrected chi connectivity index (χ1v) is 12.4. The summed E-state index contributed by atoms with van der Waals surface area (Å²) in [6, 6.07) is 19.1. The zero-order valence-electron chi connectivity index (χ0n) is 21.5. The summed E-state index contributed by atoms with van der Waals surface area (Å²) in [5.74, 6) is 0.759. The maximum atomic E-state index is 10.3. The summed E-state index contributed by atoms with van der Waals surface area (Å²) in [6.45, 7) is 1.92. The van der Waals surface area contributed by atoms with Crippen molar-refractivity contribution in [3.05, 3.63) is 89.0 Å². The van der Waals surface area contributed by atoms with E-state index < -0.39 is 12.1 Å². The number of amidine groups is 2. The fraction of sp³-hybridized carbons (Fsp3) is 0.286. The van der Waals surface area contributed by atoms with E-state index in [-0.39, 0.29) is 18.4 Å². The molecule has 0 unspecified atom stereocenters. The normalized spacial score (nSPS) is 12.2. The Morgan fingerprint density at radius 3 is 2.54 bits per heavy atom. The molecular weight excluding hydrogens is 502 g/mol. The summed E-state index contributed by atoms with van der Waals surface area (Å²) in [4.78, 5) is 4.04. The van der Waals surface area contributed by atoms with Crippen LogP contribution < -0.4 is 21.5 Å². The number of hydrogen-bond donors (Lipinski definition) is 7. The average Bonchev–Trinajstić information content (AvgIpc) is 2.91. The highest BCUT2D eigenvalue weighted by molar-refractivity contribution is 5.87. The highest BCUT2D eigenvalue weighted by Crippen LogP contribution is 2.22. The van der Waals surface area contributed by atoms with E-state index in [2.05, 4.69) is 10.3 Å². The number of ether oxygens (including phenoxy) is 3. The van der Waals surface area contributed by atoms with Gasteiger partial charge in [0.25, 0.3) is 12.0 Å². The van der Waals surface area contributed by atoms with Crippen molar-refractivity contribution in [3.8, 4) is 11.5 Å². The van der Waals surface area contributed by atoms with Crippen LogP contribution >= 0.6 is 0 Å². The highest BCUT2D eigenvalue weighted by Gasteiger charge is 2.10. The van der Waals surface area contributed by atoms with Crippen LogP contribution in [0, 0.1) is 5.41 Å². The largest absolute Gasteiger partial charge is 0.508 e. The molecule has 0 radical (unpaired) electrons. The summed E-state index contributed by atoms with van der Waals surface area (Å²) in [5, 5.41) is 39.5. The van der Waals surface area contributed by atoms with Gasteiger partial charge in [0, 0.05) is 12.1 Å². The number of aliphatic imine (C=N–C) groups is 1. The third-order valence-electron chi connectivity index (χ3n) is 5.64. The predicted molar refractivity (Wildman–Crippen MR) is 148 cm³/mol. The van der Waals surface area contributed by atoms with Crippen molar-refractivity contribution < 1.29 is 29.5 Å². The zero-order valence-corrected chi connectivity index (χ0v) is 21.5. The molecule has 3 rings (SSSR count). The number of aromatic hydroxyl groups is 1. The lowest BCUT2D eigenvalue weighted by molar-refractivity contribution is 0.0889. The van der Waals surface area contributed by atoms with Crippen LogP contribution in [-0.2, 0) is 29.1 Å². The number of rotatable bonds is 14. The standard InChI is InChI=1S/C28H35N5O6/c29-27(30)39-28(31)33-23-3-1-2-20(14-23)18-37-12-13-38-24-7-4-19(5-8-24)10-11-32-16-26(36)21-6-9-25(35)22(15-21)17-34/h1-9,14-15,26,32,34-36H,10-13,16-18H2,(H3,29,30)(H2,31,33)/t26-/m0/s1. The lowest BCUT2D eigenvalue weighted by Gasteiger charge is -2.14. The van der Waals surface area contributed by atoms with Crippen molar-refractivity contribution in [1.29, 1.82) is 5.41 Å². The summed E-state index contributed by atoms with van der Waals surface area (Å²) in [6.07, 6.45) is 0.0425. The Balaban J connectivity index is 1.32. The van der Waals surface area contributed by atoms with Crippen molar-refractivity contribution in [1.82, 2.24) is 5.32 Å². The van der Waals surface area contributed by atoms with Gasteiger partial charge >= 0.3 is 0 Å². The van der Waals surface area contributed by atoms with Crippen molar-refractivity contribution >= 4 is 17.7 Å². The van der Waals surface area contributed by atoms with Crippen LogP contribution in [0.25, 0.3) is 0 Å². The Labute approximate surface area is 227 Å². The first-order chi connectivity index (χ1) is 18.8. The number of aliphatic hydroxyl groups is 2. The van der Waals surface area contributed by atoms with Crippen LogP contribution in [0.5, 0.6) is 11.5 Å². The average molecular weight is 538 g/mol. The molecule has 3 aromatic rings. The molecule has 0 fully saturated rings. The molecule has 11 heteroatoms. The molecule has 11 nitrogen and oxygen atoms in total. The van der Waals surface area contributed by atoms with Gasteiger partial charge in [-0.2, -0.15) is 4.99 Å². The molecule has 0 saturated carbocycles. The van der Waals surface area contributed by atoms with Crippen molar-refractivity contribution in [2.24, 2.45) is 16.5 Å². The molecule has 0 aliphatic rings. The van der Waals surface area contributed by atoms with E-state index in [0.717, 1.165) is 23.3 Å². The van der Waals surface area contributed by atoms with Gasteiger partial charge in [-0.25, -0.2) is 0 Å². The minimum Gasteiger partial charge on any atom is -0.508 e. The van der Waals surface area contributed by atoms with Gasteiger partial charge in [0.15, 0.2) is 0 Å². The van der Waals surface area contributed by atoms with Crippen LogP contribution in [0.3, 0.4) is 0 Å². The SMILES string of the molecule is N=C(N)OC(N)=Nc1cccc(COCCOc2ccc(CCNC[C@H](O)c3ccc(O)c(CO)c3)cc2)c1. The highest BCUT2D eigenvalue weighted by atomic mass is 16.5. The van der Waals surface area contributed by atoms with Crippen LogP contribution in [0.2, 0.25) is 0 Å². The molecule has 1 atom stereocenters. The Morgan fingerprint density at radius 1 is 1.00 bits per heavy atom. The second-order valence-electron chi connectivity index (χ2n) is 8.65. The maximum absolute atomic E-state index is 10.3. The van der Waals surface area contributed by atoms with Gasteiger partial charge in [0.1, 0.15) is 18.1 Å². The maximum Gasteiger partial charge on any atom is 0.295 e. The van der Waals surface area contributed by atoms with Gasteiger partial charge in [-0.05, 0) is 66.1 Å². The van der Waals surface area contributed by atoms with E-state index in [1.807, 2.05) is 36.4 Å². The van der Waals surface area contributed by atoms with Gasteiger partial charge in [0.2, 0.25) is 0 Å². The van der Waals surface area contributed by atoms with E-state index in [0.29, 0.717) is 49.7 Å². The fourth-order valence-electron chi connectivity index (χ4n) is 3.67. The van der Waals surface area contributed by atoms with Gasteiger partial charge < -0.3 is 46.3 Å². The molecule has 3 aromatic carbocycles. The van der Waals surface area contributed by atoms with Gasteiger partial charge in [-0.1, -0.05) is 30.3 Å². The van der Waals surface area contributed by atoms with Crippen molar-refractivity contribution in [2.75, 3.05) is 26.3 Å². The third-order valence-corrected chi connectivity index (χ3v) is 5.64. The monoisotopic (exact) mass is 537 g/mol. The number of nitrogens with two attached hydrogens (primary N) is 2. The first kappa shape index (κ1) is 29.4. The Hall–Kier alpha value is -4.16. The molecule has 0 amide bonds. The summed E-state index contributed by atoms with van der Waals surface area (Å²) in [5.41, 5.74) is 14.3. The molecule has 208 valence electrons. The molecule has 9 N–H and O–H groups in total. The van der Waals surface area contributed by atoms with Crippen molar-refractivity contribution in [2.45, 2.75) is 25.7 Å². The second-order valence-corrected chi connectivity index (χ2v) is 8.65. The van der Waals surface area contributed by atoms with E-state index >= 15 is 0 Å². The minimum atomic E-state index is -0.738. The fourth-order valence-corrected chi connectivity index (χ4v) is 3.67. The second kappa shape index (κ2) is 15.3. The molecule has 0 saturated heterocycles. The Kier molecular flexibility index (Phi) is 11.5. The number of benzene rings is 3. The Bertz CT molecular complexity index is 1240. The molecule has 0 aromatic heterocycles. The van der Waals surface area contributed by atoms with Crippen LogP contribution in [0.15, 0.2) is 71.7 Å². The summed E-state index contributed by atoms with van der Waals surface area (Å²) < 4.78 is 16.2. The zero-order chi connectivity index (χ0) is 28.0. The van der Waals surface area contributed by atoms with Gasteiger partial charge in [-0.3, -0.25) is 5.41 Å². The lowest BCUT2D eigenvalue weighted by Crippen LogP contribution is -2.25. The van der Waals surface area contributed by atoms with E-state index in [1.54, 1.807) is 24.3 Å². The third kappa shape index (κ3) is 10.3. The molecule has 0 aliphatic heterocycles. The van der Waals surface area contributed by atoms with Gasteiger partial charge in [0.05, 0.1) is 31.6 Å². The molecule has 0 bridgehead atoms. The number of nitrogens with zero attached hydrogens (tertiary/aromatic N) is 1. The van der Waals surface area contributed by atoms with Crippen LogP contribution in [-0.4, -0.2) is 53.7 Å². The predicted octanol–water partition coefficient (Wildman–Crippen LogP) is 2.20. The summed E-state index contributed by atoms with van der Waals surface area (Å²) >= 11 is 0. The van der Waals surface area contributed by atoms with E-state index in [1.165, 1.54) is 6.07 Å². The minimum absolute atomic E-state index is 0.0134. The summed E-state index contributed by atoms with van der Waals surface area (Å²) in [7, 11) is 0. The van der Waals surface area contributed by atoms with E-state index in [4.69, 9.17) is 31.1 Å². The van der Waals surface area contributed by atoms with Crippen LogP contribution in [0.4, 0.5) is 5.69 Å². The number of nitrogens with one attached hydrogen (secondary N) is 2. The lowest BCUT2D eigenvalue weighted by atomic mass is 10.1. The molecule has 39 heavy (non-hydrogen) atoms. The molecular formula is C28H35N5O6. The topological polar surface area (TPSA) is 189 Å². The van der Waals surface area contributed by atoms with Crippen molar-refractivity contribution in [3.63, 3.8) is 0 Å². The first-order valence-electron chi connectivity index (χ1n) is 12.4. The Morgan fingerprint density at radius 2 is 1.79 bits per heavy atom. The molecule has 0 aliphatic carbocycles. The molecule has 0 spiro atoms. The van der Waals surface area contributed by atoms with E-state index in [9.17, 15) is 15.3 Å². The number of hydrogen-bond acceptors (Lipinski definition) is 9. The van der Waals surface area contributed by atoms with Gasteiger partial charge in [-0.15, -0.1) is 0 Å². The number of aliphatic hydroxyl groups excluding tert-OH is 2. The molecule has 0 heterocycles. The number of phenols is 1. The smallest absolute Gasteiger partial charge is 0.295 e. The quantitative estimate of drug-likeness (QED) is 0.0918.